The van der Waals surface area contributed by atoms with E-state index in [1.165, 1.54) is 18.3 Å². The van der Waals surface area contributed by atoms with Crippen LogP contribution >= 0.6 is 11.6 Å². The molecule has 1 aliphatic rings. The third kappa shape index (κ3) is 5.34. The van der Waals surface area contributed by atoms with Crippen molar-refractivity contribution in [3.63, 3.8) is 0 Å². The zero-order chi connectivity index (χ0) is 19.9. The maximum Gasteiger partial charge on any atom is 0.325 e. The summed E-state index contributed by atoms with van der Waals surface area (Å²) in [6.45, 7) is -0.0140. The molecule has 10 heteroatoms. The zero-order valence-corrected chi connectivity index (χ0v) is 15.3. The van der Waals surface area contributed by atoms with Crippen molar-refractivity contribution < 1.29 is 28.6 Å². The first-order valence-corrected chi connectivity index (χ1v) is 8.64. The molecule has 0 unspecified atom stereocenters. The van der Waals surface area contributed by atoms with E-state index in [0.717, 1.165) is 0 Å². The first kappa shape index (κ1) is 19.4. The minimum Gasteiger partial charge on any atom is -0.486 e. The summed E-state index contributed by atoms with van der Waals surface area (Å²) < 4.78 is 15.7. The molecule has 28 heavy (non-hydrogen) atoms. The van der Waals surface area contributed by atoms with Gasteiger partial charge in [0.25, 0.3) is 11.8 Å². The molecule has 1 aromatic carbocycles. The van der Waals surface area contributed by atoms with E-state index in [9.17, 15) is 14.4 Å². The SMILES string of the molecule is O=C(COC(=O)CNC(=O)c1cc(Cl)ccn1)Nc1ccc2c(c1)OCCO2. The lowest BCUT2D eigenvalue weighted by molar-refractivity contribution is -0.146. The molecular formula is C18H16ClN3O6. The summed E-state index contributed by atoms with van der Waals surface area (Å²) in [6.07, 6.45) is 1.37. The van der Waals surface area contributed by atoms with Crippen LogP contribution in [0.3, 0.4) is 0 Å². The molecule has 0 aliphatic carbocycles. The van der Waals surface area contributed by atoms with Crippen molar-refractivity contribution in [2.45, 2.75) is 0 Å². The summed E-state index contributed by atoms with van der Waals surface area (Å²) in [5, 5.41) is 5.26. The lowest BCUT2D eigenvalue weighted by Crippen LogP contribution is -2.32. The summed E-state index contributed by atoms with van der Waals surface area (Å²) in [4.78, 5) is 39.3. The summed E-state index contributed by atoms with van der Waals surface area (Å²) in [5.41, 5.74) is 0.544. The number of fused-ring (bicyclic) bond motifs is 1. The number of benzene rings is 1. The number of aromatic nitrogens is 1. The average molecular weight is 406 g/mol. The van der Waals surface area contributed by atoms with Crippen molar-refractivity contribution in [2.75, 3.05) is 31.7 Å². The highest BCUT2D eigenvalue weighted by molar-refractivity contribution is 6.30. The molecule has 0 fully saturated rings. The van der Waals surface area contributed by atoms with Gasteiger partial charge in [-0.05, 0) is 24.3 Å². The maximum atomic E-state index is 11.9. The van der Waals surface area contributed by atoms with Gasteiger partial charge in [-0.1, -0.05) is 11.6 Å². The molecule has 2 amide bonds. The number of hydrogen-bond acceptors (Lipinski definition) is 7. The highest BCUT2D eigenvalue weighted by Crippen LogP contribution is 2.32. The van der Waals surface area contributed by atoms with Gasteiger partial charge in [0.1, 0.15) is 25.5 Å². The molecule has 0 bridgehead atoms. The quantitative estimate of drug-likeness (QED) is 0.698. The molecule has 2 aromatic rings. The Labute approximate surface area is 164 Å². The molecule has 0 radical (unpaired) electrons. The minimum atomic E-state index is -0.771. The standard InChI is InChI=1S/C18H16ClN3O6/c19-11-3-4-20-13(7-11)18(25)21-9-17(24)28-10-16(23)22-12-1-2-14-15(8-12)27-6-5-26-14/h1-4,7-8H,5-6,9-10H2,(H,21,25)(H,22,23). The number of anilines is 1. The van der Waals surface area contributed by atoms with Gasteiger partial charge in [-0.3, -0.25) is 19.4 Å². The molecule has 146 valence electrons. The second-order valence-electron chi connectivity index (χ2n) is 5.61. The van der Waals surface area contributed by atoms with Gasteiger partial charge < -0.3 is 24.8 Å². The van der Waals surface area contributed by atoms with Crippen molar-refractivity contribution in [1.29, 1.82) is 0 Å². The zero-order valence-electron chi connectivity index (χ0n) is 14.6. The number of carbonyl (C=O) groups excluding carboxylic acids is 3. The van der Waals surface area contributed by atoms with Crippen molar-refractivity contribution in [1.82, 2.24) is 10.3 Å². The van der Waals surface area contributed by atoms with E-state index in [0.29, 0.717) is 35.4 Å². The second-order valence-corrected chi connectivity index (χ2v) is 6.05. The fourth-order valence-electron chi connectivity index (χ4n) is 2.29. The average Bonchev–Trinajstić information content (AvgIpc) is 2.70. The van der Waals surface area contributed by atoms with E-state index < -0.39 is 30.9 Å². The van der Waals surface area contributed by atoms with Crippen LogP contribution in [0.25, 0.3) is 0 Å². The topological polar surface area (TPSA) is 116 Å². The Kier molecular flexibility index (Phi) is 6.28. The number of halogens is 1. The fraction of sp³-hybridized carbons (Fsp3) is 0.222. The summed E-state index contributed by atoms with van der Waals surface area (Å²) in [7, 11) is 0. The van der Waals surface area contributed by atoms with Crippen molar-refractivity contribution in [3.8, 4) is 11.5 Å². The Morgan fingerprint density at radius 1 is 1.11 bits per heavy atom. The molecule has 2 heterocycles. The minimum absolute atomic E-state index is 0.0663. The number of esters is 1. The van der Waals surface area contributed by atoms with Crippen molar-refractivity contribution in [3.05, 3.63) is 47.2 Å². The number of amides is 2. The van der Waals surface area contributed by atoms with E-state index in [1.807, 2.05) is 0 Å². The normalized spacial score (nSPS) is 12.0. The molecule has 1 aromatic heterocycles. The lowest BCUT2D eigenvalue weighted by atomic mass is 10.2. The van der Waals surface area contributed by atoms with E-state index in [2.05, 4.69) is 15.6 Å². The molecule has 0 saturated carbocycles. The number of hydrogen-bond donors (Lipinski definition) is 2. The third-order valence-corrected chi connectivity index (χ3v) is 3.77. The number of nitrogens with one attached hydrogen (secondary N) is 2. The number of ether oxygens (including phenoxy) is 3. The predicted molar refractivity (Wildman–Crippen MR) is 98.6 cm³/mol. The monoisotopic (exact) mass is 405 g/mol. The molecule has 0 saturated heterocycles. The van der Waals surface area contributed by atoms with Gasteiger partial charge in [-0.15, -0.1) is 0 Å². The van der Waals surface area contributed by atoms with Crippen LogP contribution in [-0.4, -0.2) is 49.1 Å². The number of nitrogens with zero attached hydrogens (tertiary/aromatic N) is 1. The molecular weight excluding hydrogens is 390 g/mol. The molecule has 2 N–H and O–H groups in total. The maximum absolute atomic E-state index is 11.9. The highest BCUT2D eigenvalue weighted by atomic mass is 35.5. The molecule has 3 rings (SSSR count). The number of pyridine rings is 1. The van der Waals surface area contributed by atoms with Crippen LogP contribution in [0.4, 0.5) is 5.69 Å². The van der Waals surface area contributed by atoms with Gasteiger partial charge in [0.2, 0.25) is 0 Å². The van der Waals surface area contributed by atoms with Gasteiger partial charge in [-0.2, -0.15) is 0 Å². The van der Waals surface area contributed by atoms with Gasteiger partial charge in [0.05, 0.1) is 0 Å². The van der Waals surface area contributed by atoms with Crippen molar-refractivity contribution in [2.24, 2.45) is 0 Å². The highest BCUT2D eigenvalue weighted by Gasteiger charge is 2.14. The Morgan fingerprint density at radius 2 is 1.89 bits per heavy atom. The molecule has 1 aliphatic heterocycles. The third-order valence-electron chi connectivity index (χ3n) is 3.54. The predicted octanol–water partition coefficient (Wildman–Crippen LogP) is 1.42. The first-order chi connectivity index (χ1) is 13.5. The van der Waals surface area contributed by atoms with Crippen LogP contribution in [0.1, 0.15) is 10.5 Å². The van der Waals surface area contributed by atoms with Gasteiger partial charge in [0, 0.05) is 23.0 Å². The smallest absolute Gasteiger partial charge is 0.325 e. The Hall–Kier alpha value is -3.33. The Bertz CT molecular complexity index is 905. The first-order valence-electron chi connectivity index (χ1n) is 8.26. The molecule has 9 nitrogen and oxygen atoms in total. The number of rotatable bonds is 6. The summed E-state index contributed by atoms with van der Waals surface area (Å²) >= 11 is 5.77. The van der Waals surface area contributed by atoms with Crippen LogP contribution < -0.4 is 20.1 Å². The van der Waals surface area contributed by atoms with E-state index in [-0.39, 0.29) is 5.69 Å². The van der Waals surface area contributed by atoms with Crippen LogP contribution in [-0.2, 0) is 14.3 Å². The summed E-state index contributed by atoms with van der Waals surface area (Å²) in [5.74, 6) is -0.764. The molecule has 0 atom stereocenters. The largest absolute Gasteiger partial charge is 0.486 e. The summed E-state index contributed by atoms with van der Waals surface area (Å²) in [6, 6.07) is 7.82. The van der Waals surface area contributed by atoms with Gasteiger partial charge in [0.15, 0.2) is 18.1 Å². The van der Waals surface area contributed by atoms with Crippen molar-refractivity contribution >= 4 is 35.1 Å². The van der Waals surface area contributed by atoms with Gasteiger partial charge in [-0.25, -0.2) is 0 Å². The lowest BCUT2D eigenvalue weighted by Gasteiger charge is -2.19. The fourth-order valence-corrected chi connectivity index (χ4v) is 2.45. The second kappa shape index (κ2) is 9.05. The van der Waals surface area contributed by atoms with E-state index >= 15 is 0 Å². The Balaban J connectivity index is 1.41. The number of carbonyl (C=O) groups is 3. The van der Waals surface area contributed by atoms with E-state index in [1.54, 1.807) is 18.2 Å². The Morgan fingerprint density at radius 3 is 2.68 bits per heavy atom. The van der Waals surface area contributed by atoms with Crippen LogP contribution in [0.15, 0.2) is 36.5 Å². The molecule has 0 spiro atoms. The van der Waals surface area contributed by atoms with E-state index in [4.69, 9.17) is 25.8 Å². The van der Waals surface area contributed by atoms with Crippen LogP contribution in [0.2, 0.25) is 5.02 Å². The van der Waals surface area contributed by atoms with Crippen LogP contribution in [0, 0.1) is 0 Å². The van der Waals surface area contributed by atoms with Gasteiger partial charge >= 0.3 is 5.97 Å². The van der Waals surface area contributed by atoms with Crippen LogP contribution in [0.5, 0.6) is 11.5 Å².